The minimum atomic E-state index is -0.740. The number of oxime groups is 1. The largest absolute Gasteiger partial charge is 0.391 e. The third-order valence-corrected chi connectivity index (χ3v) is 7.02. The highest BCUT2D eigenvalue weighted by atomic mass is 16.6. The Bertz CT molecular complexity index is 945. The second-order valence-corrected chi connectivity index (χ2v) is 11.1. The molecule has 3 fully saturated rings. The first-order valence-corrected chi connectivity index (χ1v) is 12.1. The van der Waals surface area contributed by atoms with E-state index in [1.54, 1.807) is 4.68 Å². The minimum absolute atomic E-state index is 0.128. The number of amides is 2. The second kappa shape index (κ2) is 8.38. The zero-order chi connectivity index (χ0) is 23.3. The topological polar surface area (TPSA) is 122 Å². The maximum atomic E-state index is 13.7. The lowest BCUT2D eigenvalue weighted by atomic mass is 9.85. The Morgan fingerprint density at radius 2 is 1.97 bits per heavy atom. The number of hydrogen-bond acceptors (Lipinski definition) is 7. The average molecular weight is 459 g/mol. The molecular weight excluding hydrogens is 424 g/mol. The van der Waals surface area contributed by atoms with Crippen LogP contribution >= 0.6 is 0 Å². The number of aliphatic hydroxyl groups is 1. The molecule has 1 aromatic rings. The number of nitrogens with one attached hydrogen (secondary N) is 1. The molecule has 0 bridgehead atoms. The van der Waals surface area contributed by atoms with Crippen LogP contribution in [0.5, 0.6) is 0 Å². The average Bonchev–Trinajstić information content (AvgIpc) is 3.65. The lowest BCUT2D eigenvalue weighted by molar-refractivity contribution is -0.144. The van der Waals surface area contributed by atoms with Gasteiger partial charge in [-0.15, -0.1) is 5.10 Å². The van der Waals surface area contributed by atoms with E-state index in [9.17, 15) is 14.7 Å². The van der Waals surface area contributed by atoms with E-state index < -0.39 is 23.6 Å². The van der Waals surface area contributed by atoms with Gasteiger partial charge in [-0.3, -0.25) is 9.59 Å². The van der Waals surface area contributed by atoms with Crippen LogP contribution in [0.25, 0.3) is 0 Å². The molecular formula is C23H34N6O4. The molecule has 0 spiro atoms. The fraction of sp³-hybridized carbons (Fsp3) is 0.783. The highest BCUT2D eigenvalue weighted by Gasteiger charge is 2.45. The Morgan fingerprint density at radius 1 is 1.24 bits per heavy atom. The van der Waals surface area contributed by atoms with Crippen LogP contribution in [-0.4, -0.2) is 73.9 Å². The highest BCUT2D eigenvalue weighted by molar-refractivity contribution is 5.91. The van der Waals surface area contributed by atoms with Crippen LogP contribution < -0.4 is 5.32 Å². The zero-order valence-corrected chi connectivity index (χ0v) is 19.6. The molecule has 2 N–H and O–H groups in total. The molecule has 10 heteroatoms. The summed E-state index contributed by atoms with van der Waals surface area (Å²) in [7, 11) is 0. The Hall–Kier alpha value is -2.49. The summed E-state index contributed by atoms with van der Waals surface area (Å²) < 4.78 is 1.64. The molecule has 2 amide bonds. The van der Waals surface area contributed by atoms with Gasteiger partial charge in [-0.25, -0.2) is 4.68 Å². The predicted molar refractivity (Wildman–Crippen MR) is 119 cm³/mol. The van der Waals surface area contributed by atoms with E-state index in [1.807, 2.05) is 27.0 Å². The number of likely N-dealkylation sites (tertiary alicyclic amines) is 1. The van der Waals surface area contributed by atoms with Gasteiger partial charge < -0.3 is 20.2 Å². The summed E-state index contributed by atoms with van der Waals surface area (Å²) in [5, 5.41) is 26.0. The van der Waals surface area contributed by atoms with E-state index in [0.29, 0.717) is 18.4 Å². The van der Waals surface area contributed by atoms with Crippen LogP contribution in [0.15, 0.2) is 11.4 Å². The quantitative estimate of drug-likeness (QED) is 0.637. The molecule has 0 aromatic carbocycles. The van der Waals surface area contributed by atoms with E-state index in [4.69, 9.17) is 4.84 Å². The number of aliphatic hydroxyl groups excluding tert-OH is 1. The first kappa shape index (κ1) is 22.3. The Morgan fingerprint density at radius 3 is 2.64 bits per heavy atom. The number of carbonyl (C=O) groups is 2. The summed E-state index contributed by atoms with van der Waals surface area (Å²) in [5.41, 5.74) is 1.56. The minimum Gasteiger partial charge on any atom is -0.391 e. The van der Waals surface area contributed by atoms with Crippen LogP contribution in [0.4, 0.5) is 0 Å². The van der Waals surface area contributed by atoms with Crippen molar-refractivity contribution in [2.75, 3.05) is 13.1 Å². The smallest absolute Gasteiger partial charge is 0.248 e. The molecule has 0 radical (unpaired) electrons. The first-order chi connectivity index (χ1) is 15.7. The third kappa shape index (κ3) is 4.76. The van der Waals surface area contributed by atoms with Crippen LogP contribution in [0.1, 0.15) is 76.9 Å². The standard InChI is InChI=1S/C23H34N6O4/c1-23(2,3)20(29-12-18(25-27-29)14-6-7-14)22(32)28-11-15(30)8-19(28)21(31)24-10-16-9-17(26-33-16)13-4-5-13/h12-16,19-20,30H,4-11H2,1-3H3,(H,24,31)/t15-,16?,19+,20-/m1/s1. The van der Waals surface area contributed by atoms with Crippen molar-refractivity contribution in [2.45, 2.75) is 89.5 Å². The first-order valence-electron chi connectivity index (χ1n) is 12.1. The molecule has 4 atom stereocenters. The maximum absolute atomic E-state index is 13.7. The molecule has 2 aliphatic heterocycles. The molecule has 33 heavy (non-hydrogen) atoms. The van der Waals surface area contributed by atoms with Crippen LogP contribution in [0, 0.1) is 11.3 Å². The molecule has 1 aromatic heterocycles. The van der Waals surface area contributed by atoms with Gasteiger partial charge in [-0.1, -0.05) is 31.1 Å². The van der Waals surface area contributed by atoms with E-state index >= 15 is 0 Å². The van der Waals surface area contributed by atoms with Gasteiger partial charge in [0.05, 0.1) is 24.1 Å². The van der Waals surface area contributed by atoms with E-state index in [-0.39, 0.29) is 30.9 Å². The van der Waals surface area contributed by atoms with E-state index in [2.05, 4.69) is 20.8 Å². The van der Waals surface area contributed by atoms with Crippen molar-refractivity contribution in [3.63, 3.8) is 0 Å². The van der Waals surface area contributed by atoms with Crippen molar-refractivity contribution in [3.8, 4) is 0 Å². The molecule has 2 saturated carbocycles. The summed E-state index contributed by atoms with van der Waals surface area (Å²) >= 11 is 0. The lowest BCUT2D eigenvalue weighted by Crippen LogP contribution is -2.51. The van der Waals surface area contributed by atoms with Crippen LogP contribution in [0.2, 0.25) is 0 Å². The summed E-state index contributed by atoms with van der Waals surface area (Å²) in [6.45, 7) is 6.39. The lowest BCUT2D eigenvalue weighted by Gasteiger charge is -2.34. The van der Waals surface area contributed by atoms with Gasteiger partial charge in [0.1, 0.15) is 18.2 Å². The Kier molecular flexibility index (Phi) is 5.66. The third-order valence-electron chi connectivity index (χ3n) is 7.02. The van der Waals surface area contributed by atoms with Crippen molar-refractivity contribution in [3.05, 3.63) is 11.9 Å². The van der Waals surface area contributed by atoms with Gasteiger partial charge in [-0.05, 0) is 31.1 Å². The molecule has 1 saturated heterocycles. The number of nitrogens with zero attached hydrogens (tertiary/aromatic N) is 5. The van der Waals surface area contributed by atoms with Gasteiger partial charge in [0.15, 0.2) is 0 Å². The van der Waals surface area contributed by atoms with Crippen molar-refractivity contribution in [2.24, 2.45) is 16.5 Å². The summed E-state index contributed by atoms with van der Waals surface area (Å²) in [4.78, 5) is 33.8. The second-order valence-electron chi connectivity index (χ2n) is 11.1. The molecule has 3 heterocycles. The number of hydrogen-bond donors (Lipinski definition) is 2. The van der Waals surface area contributed by atoms with Crippen molar-refractivity contribution >= 4 is 17.5 Å². The maximum Gasteiger partial charge on any atom is 0.248 e. The van der Waals surface area contributed by atoms with Gasteiger partial charge in [0.25, 0.3) is 0 Å². The molecule has 1 unspecified atom stereocenters. The summed E-state index contributed by atoms with van der Waals surface area (Å²) in [6, 6.07) is -1.35. The predicted octanol–water partition coefficient (Wildman–Crippen LogP) is 1.38. The number of aromatic nitrogens is 3. The molecule has 5 rings (SSSR count). The number of carbonyl (C=O) groups excluding carboxylic acids is 2. The molecule has 2 aliphatic carbocycles. The van der Waals surface area contributed by atoms with Gasteiger partial charge >= 0.3 is 0 Å². The van der Waals surface area contributed by atoms with Crippen molar-refractivity contribution in [1.82, 2.24) is 25.2 Å². The Labute approximate surface area is 193 Å². The zero-order valence-electron chi connectivity index (χ0n) is 19.6. The fourth-order valence-electron chi connectivity index (χ4n) is 4.88. The normalized spacial score (nSPS) is 28.4. The molecule has 180 valence electrons. The van der Waals surface area contributed by atoms with Gasteiger partial charge in [-0.2, -0.15) is 0 Å². The van der Waals surface area contributed by atoms with Gasteiger partial charge in [0, 0.05) is 37.4 Å². The summed E-state index contributed by atoms with van der Waals surface area (Å²) in [5.74, 6) is 0.496. The SMILES string of the molecule is CC(C)(C)[C@@H](C(=O)N1C[C@H](O)C[C@H]1C(=O)NCC1CC(C2CC2)=NO1)n1cc(C2CC2)nn1. The number of rotatable bonds is 7. The van der Waals surface area contributed by atoms with Crippen molar-refractivity contribution in [1.29, 1.82) is 0 Å². The van der Waals surface area contributed by atoms with E-state index in [1.165, 1.54) is 17.7 Å². The van der Waals surface area contributed by atoms with Crippen LogP contribution in [-0.2, 0) is 14.4 Å². The van der Waals surface area contributed by atoms with E-state index in [0.717, 1.165) is 30.7 Å². The molecule has 4 aliphatic rings. The highest BCUT2D eigenvalue weighted by Crippen LogP contribution is 2.40. The van der Waals surface area contributed by atoms with Gasteiger partial charge in [0.2, 0.25) is 11.8 Å². The molecule has 10 nitrogen and oxygen atoms in total. The monoisotopic (exact) mass is 458 g/mol. The van der Waals surface area contributed by atoms with Crippen molar-refractivity contribution < 1.29 is 19.5 Å². The number of β-amino-alcohol motifs (C(OH)–C–C–N with tert-alkyl or cyclic N) is 1. The fourth-order valence-corrected chi connectivity index (χ4v) is 4.88. The summed E-state index contributed by atoms with van der Waals surface area (Å²) in [6.07, 6.45) is 6.45. The Balaban J connectivity index is 1.26. The van der Waals surface area contributed by atoms with Crippen LogP contribution in [0.3, 0.4) is 0 Å².